The minimum Gasteiger partial charge on any atom is -0.456 e. The Hall–Kier alpha value is -2.12. The lowest BCUT2D eigenvalue weighted by atomic mass is 10.2. The molecule has 0 fully saturated rings. The van der Waals surface area contributed by atoms with Crippen LogP contribution >= 0.6 is 23.4 Å². The van der Waals surface area contributed by atoms with E-state index in [1.54, 1.807) is 18.2 Å². The summed E-state index contributed by atoms with van der Waals surface area (Å²) in [6, 6.07) is 8.59. The van der Waals surface area contributed by atoms with Gasteiger partial charge in [0.2, 0.25) is 0 Å². The second-order valence-electron chi connectivity index (χ2n) is 5.34. The zero-order valence-corrected chi connectivity index (χ0v) is 15.4. The highest BCUT2D eigenvalue weighted by Crippen LogP contribution is 2.21. The van der Waals surface area contributed by atoms with Crippen molar-refractivity contribution in [3.05, 3.63) is 58.6 Å². The summed E-state index contributed by atoms with van der Waals surface area (Å²) in [5.74, 6) is -2.57. The smallest absolute Gasteiger partial charge is 0.307 e. The molecule has 138 valence electrons. The number of rotatable bonds is 7. The van der Waals surface area contributed by atoms with Gasteiger partial charge in [0.15, 0.2) is 18.2 Å². The molecule has 0 aliphatic carbocycles. The molecule has 0 radical (unpaired) electrons. The fourth-order valence-corrected chi connectivity index (χ4v) is 2.98. The van der Waals surface area contributed by atoms with Crippen LogP contribution in [-0.4, -0.2) is 24.2 Å². The number of ether oxygens (including phenoxy) is 1. The van der Waals surface area contributed by atoms with E-state index >= 15 is 0 Å². The summed E-state index contributed by atoms with van der Waals surface area (Å²) in [5.41, 5.74) is 1.38. The van der Waals surface area contributed by atoms with Crippen molar-refractivity contribution in [1.82, 2.24) is 0 Å². The number of carbonyl (C=O) groups excluding carboxylic acids is 2. The average Bonchev–Trinajstić information content (AvgIpc) is 2.59. The van der Waals surface area contributed by atoms with E-state index in [1.807, 2.05) is 6.92 Å². The lowest BCUT2D eigenvalue weighted by Crippen LogP contribution is -2.21. The first-order valence-electron chi connectivity index (χ1n) is 7.64. The number of aryl methyl sites for hydroxylation is 1. The van der Waals surface area contributed by atoms with Crippen LogP contribution in [-0.2, 0) is 14.3 Å². The number of hydrogen-bond acceptors (Lipinski definition) is 4. The number of anilines is 1. The van der Waals surface area contributed by atoms with Crippen molar-refractivity contribution in [2.75, 3.05) is 17.7 Å². The molecular formula is C18H16ClF2NO3S. The minimum absolute atomic E-state index is 0.0349. The maximum absolute atomic E-state index is 13.1. The monoisotopic (exact) mass is 399 g/mol. The molecule has 0 spiro atoms. The summed E-state index contributed by atoms with van der Waals surface area (Å²) in [6.45, 7) is 1.40. The van der Waals surface area contributed by atoms with Crippen molar-refractivity contribution in [1.29, 1.82) is 0 Å². The number of amides is 1. The molecule has 26 heavy (non-hydrogen) atoms. The van der Waals surface area contributed by atoms with Gasteiger partial charge in [0.25, 0.3) is 5.91 Å². The second kappa shape index (κ2) is 9.54. The standard InChI is InChI=1S/C18H16ClF2NO3S/c1-11-2-3-12(19)8-16(11)22-17(23)10-25-18(24)6-7-26-13-4-5-14(20)15(21)9-13/h2-5,8-9H,6-7,10H2,1H3,(H,22,23). The molecule has 0 heterocycles. The van der Waals surface area contributed by atoms with E-state index in [2.05, 4.69) is 5.32 Å². The van der Waals surface area contributed by atoms with Crippen LogP contribution in [0.25, 0.3) is 0 Å². The summed E-state index contributed by atoms with van der Waals surface area (Å²) < 4.78 is 30.8. The zero-order valence-electron chi connectivity index (χ0n) is 13.9. The predicted octanol–water partition coefficient (Wildman–Crippen LogP) is 4.59. The number of hydrogen-bond donors (Lipinski definition) is 1. The van der Waals surface area contributed by atoms with Crippen molar-refractivity contribution in [2.24, 2.45) is 0 Å². The Kier molecular flexibility index (Phi) is 7.41. The van der Waals surface area contributed by atoms with E-state index in [1.165, 1.54) is 17.8 Å². The van der Waals surface area contributed by atoms with E-state index in [9.17, 15) is 18.4 Å². The second-order valence-corrected chi connectivity index (χ2v) is 6.95. The Morgan fingerprint density at radius 1 is 1.15 bits per heavy atom. The lowest BCUT2D eigenvalue weighted by molar-refractivity contribution is -0.146. The molecule has 4 nitrogen and oxygen atoms in total. The highest BCUT2D eigenvalue weighted by molar-refractivity contribution is 7.99. The van der Waals surface area contributed by atoms with Crippen molar-refractivity contribution in [3.63, 3.8) is 0 Å². The van der Waals surface area contributed by atoms with Crippen LogP contribution in [0.2, 0.25) is 5.02 Å². The number of halogens is 3. The Bertz CT molecular complexity index is 817. The van der Waals surface area contributed by atoms with E-state index < -0.39 is 30.1 Å². The van der Waals surface area contributed by atoms with Gasteiger partial charge in [-0.2, -0.15) is 0 Å². The van der Waals surface area contributed by atoms with Crippen LogP contribution in [0, 0.1) is 18.6 Å². The summed E-state index contributed by atoms with van der Waals surface area (Å²) >= 11 is 7.06. The van der Waals surface area contributed by atoms with Crippen LogP contribution in [0.3, 0.4) is 0 Å². The normalized spacial score (nSPS) is 10.5. The molecule has 0 saturated heterocycles. The van der Waals surface area contributed by atoms with E-state index in [4.69, 9.17) is 16.3 Å². The molecule has 0 bridgehead atoms. The molecule has 2 aromatic carbocycles. The maximum Gasteiger partial charge on any atom is 0.307 e. The van der Waals surface area contributed by atoms with Gasteiger partial charge in [-0.1, -0.05) is 17.7 Å². The topological polar surface area (TPSA) is 55.4 Å². The summed E-state index contributed by atoms with van der Waals surface area (Å²) in [4.78, 5) is 24.0. The molecule has 0 unspecified atom stereocenters. The first-order valence-corrected chi connectivity index (χ1v) is 9.01. The van der Waals surface area contributed by atoms with Gasteiger partial charge in [-0.25, -0.2) is 8.78 Å². The van der Waals surface area contributed by atoms with Gasteiger partial charge in [-0.15, -0.1) is 11.8 Å². The van der Waals surface area contributed by atoms with Gasteiger partial charge in [-0.05, 0) is 42.8 Å². The molecule has 0 atom stereocenters. The number of esters is 1. The van der Waals surface area contributed by atoms with Crippen LogP contribution in [0.5, 0.6) is 0 Å². The molecule has 2 rings (SSSR count). The summed E-state index contributed by atoms with van der Waals surface area (Å²) in [6.07, 6.45) is 0.0349. The maximum atomic E-state index is 13.1. The highest BCUT2D eigenvalue weighted by atomic mass is 35.5. The summed E-state index contributed by atoms with van der Waals surface area (Å²) in [5, 5.41) is 3.10. The van der Waals surface area contributed by atoms with Crippen molar-refractivity contribution in [3.8, 4) is 0 Å². The van der Waals surface area contributed by atoms with Gasteiger partial charge < -0.3 is 10.1 Å². The fraction of sp³-hybridized carbons (Fsp3) is 0.222. The van der Waals surface area contributed by atoms with Crippen LogP contribution in [0.1, 0.15) is 12.0 Å². The van der Waals surface area contributed by atoms with Gasteiger partial charge in [-0.3, -0.25) is 9.59 Å². The quantitative estimate of drug-likeness (QED) is 0.546. The molecule has 8 heteroatoms. The number of nitrogens with one attached hydrogen (secondary N) is 1. The van der Waals surface area contributed by atoms with Crippen LogP contribution in [0.15, 0.2) is 41.3 Å². The van der Waals surface area contributed by atoms with Gasteiger partial charge in [0, 0.05) is 21.4 Å². The minimum atomic E-state index is -0.939. The summed E-state index contributed by atoms with van der Waals surface area (Å²) in [7, 11) is 0. The largest absolute Gasteiger partial charge is 0.456 e. The van der Waals surface area contributed by atoms with E-state index in [0.29, 0.717) is 21.4 Å². The molecule has 1 N–H and O–H groups in total. The Morgan fingerprint density at radius 3 is 2.65 bits per heavy atom. The zero-order chi connectivity index (χ0) is 19.1. The Balaban J connectivity index is 1.71. The van der Waals surface area contributed by atoms with Gasteiger partial charge in [0.1, 0.15) is 0 Å². The van der Waals surface area contributed by atoms with Crippen molar-refractivity contribution >= 4 is 40.9 Å². The molecule has 0 aromatic heterocycles. The van der Waals surface area contributed by atoms with E-state index in [-0.39, 0.29) is 6.42 Å². The van der Waals surface area contributed by atoms with Crippen molar-refractivity contribution < 1.29 is 23.1 Å². The number of thioether (sulfide) groups is 1. The first kappa shape index (κ1) is 20.2. The van der Waals surface area contributed by atoms with Gasteiger partial charge >= 0.3 is 5.97 Å². The van der Waals surface area contributed by atoms with Crippen LogP contribution < -0.4 is 5.32 Å². The Morgan fingerprint density at radius 2 is 1.92 bits per heavy atom. The van der Waals surface area contributed by atoms with Crippen LogP contribution in [0.4, 0.5) is 14.5 Å². The van der Waals surface area contributed by atoms with E-state index in [0.717, 1.165) is 17.7 Å². The molecule has 0 saturated carbocycles. The molecule has 1 amide bonds. The third kappa shape index (κ3) is 6.31. The third-order valence-corrected chi connectivity index (χ3v) is 4.53. The van der Waals surface area contributed by atoms with Crippen molar-refractivity contribution in [2.45, 2.75) is 18.2 Å². The molecule has 2 aromatic rings. The highest BCUT2D eigenvalue weighted by Gasteiger charge is 2.10. The molecular weight excluding hydrogens is 384 g/mol. The molecule has 0 aliphatic rings. The average molecular weight is 400 g/mol. The number of carbonyl (C=O) groups is 2. The number of benzene rings is 2. The Labute approximate surface area is 158 Å². The molecule has 0 aliphatic heterocycles. The fourth-order valence-electron chi connectivity index (χ4n) is 1.95. The van der Waals surface area contributed by atoms with Gasteiger partial charge in [0.05, 0.1) is 6.42 Å². The SMILES string of the molecule is Cc1ccc(Cl)cc1NC(=O)COC(=O)CCSc1ccc(F)c(F)c1. The first-order chi connectivity index (χ1) is 12.3. The third-order valence-electron chi connectivity index (χ3n) is 3.30. The predicted molar refractivity (Wildman–Crippen MR) is 97.5 cm³/mol. The lowest BCUT2D eigenvalue weighted by Gasteiger charge is -2.09.